The summed E-state index contributed by atoms with van der Waals surface area (Å²) in [4.78, 5) is 28.3. The first kappa shape index (κ1) is 19.1. The van der Waals surface area contributed by atoms with Crippen molar-refractivity contribution < 1.29 is 14.3 Å². The molecule has 1 aromatic heterocycles. The Kier molecular flexibility index (Phi) is 5.23. The fourth-order valence-corrected chi connectivity index (χ4v) is 5.02. The molecule has 1 saturated carbocycles. The smallest absolute Gasteiger partial charge is 0.340 e. The highest BCUT2D eigenvalue weighted by Crippen LogP contribution is 2.39. The standard InChI is InChI=1S/C22H26N2O3S/c1-14-12-18(16(3)24(14)17-8-9-17)22(26)27-13-21(25)23-11-10-15(2)28-20-7-5-4-6-19(20)23/h4-7,12,15,17H,8-11,13H2,1-3H3. The second-order valence-corrected chi connectivity index (χ2v) is 9.17. The summed E-state index contributed by atoms with van der Waals surface area (Å²) < 4.78 is 7.64. The van der Waals surface area contributed by atoms with Gasteiger partial charge in [-0.05, 0) is 51.3 Å². The van der Waals surface area contributed by atoms with Crippen molar-refractivity contribution in [1.29, 1.82) is 0 Å². The van der Waals surface area contributed by atoms with E-state index in [0.29, 0.717) is 23.4 Å². The van der Waals surface area contributed by atoms with E-state index in [9.17, 15) is 9.59 Å². The molecule has 1 aliphatic heterocycles. The molecule has 1 unspecified atom stereocenters. The molecule has 2 aliphatic rings. The number of nitrogens with zero attached hydrogens (tertiary/aromatic N) is 2. The minimum absolute atomic E-state index is 0.175. The molecule has 28 heavy (non-hydrogen) atoms. The van der Waals surface area contributed by atoms with Crippen LogP contribution < -0.4 is 4.90 Å². The van der Waals surface area contributed by atoms with E-state index in [2.05, 4.69) is 11.5 Å². The fourth-order valence-electron chi connectivity index (χ4n) is 3.91. The van der Waals surface area contributed by atoms with Gasteiger partial charge in [0.1, 0.15) is 0 Å². The number of aromatic nitrogens is 1. The summed E-state index contributed by atoms with van der Waals surface area (Å²) in [7, 11) is 0. The van der Waals surface area contributed by atoms with Crippen molar-refractivity contribution in [3.63, 3.8) is 0 Å². The van der Waals surface area contributed by atoms with Crippen LogP contribution >= 0.6 is 11.8 Å². The Morgan fingerprint density at radius 1 is 1.18 bits per heavy atom. The molecule has 2 aromatic rings. The first-order chi connectivity index (χ1) is 13.5. The third kappa shape index (κ3) is 3.70. The number of carbonyl (C=O) groups is 2. The van der Waals surface area contributed by atoms with E-state index in [-0.39, 0.29) is 12.5 Å². The van der Waals surface area contributed by atoms with Crippen LogP contribution in [-0.4, -0.2) is 34.8 Å². The van der Waals surface area contributed by atoms with Crippen LogP contribution in [0.25, 0.3) is 0 Å². The quantitative estimate of drug-likeness (QED) is 0.711. The lowest BCUT2D eigenvalue weighted by Gasteiger charge is -2.22. The Morgan fingerprint density at radius 2 is 1.93 bits per heavy atom. The number of benzene rings is 1. The van der Waals surface area contributed by atoms with Crippen LogP contribution in [0.1, 0.15) is 54.0 Å². The van der Waals surface area contributed by atoms with E-state index >= 15 is 0 Å². The average molecular weight is 399 g/mol. The minimum atomic E-state index is -0.417. The van der Waals surface area contributed by atoms with Crippen molar-refractivity contribution in [3.05, 3.63) is 47.3 Å². The lowest BCUT2D eigenvalue weighted by molar-refractivity contribution is -0.121. The molecule has 1 fully saturated rings. The average Bonchev–Trinajstić information content (AvgIpc) is 3.47. The van der Waals surface area contributed by atoms with E-state index in [0.717, 1.165) is 41.2 Å². The van der Waals surface area contributed by atoms with Crippen molar-refractivity contribution >= 4 is 29.3 Å². The number of fused-ring (bicyclic) bond motifs is 1. The van der Waals surface area contributed by atoms with Gasteiger partial charge in [0.15, 0.2) is 6.61 Å². The first-order valence-corrected chi connectivity index (χ1v) is 10.7. The number of anilines is 1. The Bertz CT molecular complexity index is 917. The molecule has 5 nitrogen and oxygen atoms in total. The van der Waals surface area contributed by atoms with Gasteiger partial charge in [0.25, 0.3) is 5.91 Å². The van der Waals surface area contributed by atoms with Gasteiger partial charge in [0, 0.05) is 34.1 Å². The largest absolute Gasteiger partial charge is 0.452 e. The molecule has 4 rings (SSSR count). The first-order valence-electron chi connectivity index (χ1n) is 9.87. The summed E-state index contributed by atoms with van der Waals surface area (Å²) in [5.74, 6) is -0.592. The van der Waals surface area contributed by atoms with Gasteiger partial charge in [-0.25, -0.2) is 4.79 Å². The second-order valence-electron chi connectivity index (χ2n) is 7.69. The normalized spacial score (nSPS) is 19.1. The Hall–Kier alpha value is -2.21. The van der Waals surface area contributed by atoms with Crippen LogP contribution in [0.4, 0.5) is 5.69 Å². The zero-order chi connectivity index (χ0) is 19.8. The van der Waals surface area contributed by atoms with Crippen molar-refractivity contribution in [3.8, 4) is 0 Å². The molecule has 0 radical (unpaired) electrons. The van der Waals surface area contributed by atoms with Gasteiger partial charge >= 0.3 is 5.97 Å². The monoisotopic (exact) mass is 398 g/mol. The number of esters is 1. The molecule has 0 N–H and O–H groups in total. The summed E-state index contributed by atoms with van der Waals surface area (Å²) in [6.07, 6.45) is 3.23. The maximum atomic E-state index is 12.9. The highest BCUT2D eigenvalue weighted by atomic mass is 32.2. The molecule has 0 saturated heterocycles. The summed E-state index contributed by atoms with van der Waals surface area (Å²) in [6.45, 7) is 6.54. The van der Waals surface area contributed by atoms with Crippen LogP contribution in [0.2, 0.25) is 0 Å². The van der Waals surface area contributed by atoms with E-state index in [4.69, 9.17) is 4.74 Å². The topological polar surface area (TPSA) is 51.5 Å². The van der Waals surface area contributed by atoms with E-state index < -0.39 is 5.97 Å². The van der Waals surface area contributed by atoms with E-state index in [1.165, 1.54) is 0 Å². The maximum absolute atomic E-state index is 12.9. The summed E-state index contributed by atoms with van der Waals surface area (Å²) >= 11 is 1.79. The lowest BCUT2D eigenvalue weighted by atomic mass is 10.2. The van der Waals surface area contributed by atoms with Crippen molar-refractivity contribution in [2.75, 3.05) is 18.1 Å². The molecular formula is C22H26N2O3S. The molecule has 1 amide bonds. The summed E-state index contributed by atoms with van der Waals surface area (Å²) in [5.41, 5.74) is 3.48. The molecule has 1 atom stereocenters. The summed E-state index contributed by atoms with van der Waals surface area (Å²) in [6, 6.07) is 10.3. The molecule has 0 bridgehead atoms. The molecule has 1 aromatic carbocycles. The van der Waals surface area contributed by atoms with Gasteiger partial charge in [-0.15, -0.1) is 11.8 Å². The zero-order valence-electron chi connectivity index (χ0n) is 16.6. The number of carbonyl (C=O) groups excluding carboxylic acids is 2. The molecule has 1 aliphatic carbocycles. The van der Waals surface area contributed by atoms with Gasteiger partial charge in [-0.1, -0.05) is 19.1 Å². The number of hydrogen-bond donors (Lipinski definition) is 0. The van der Waals surface area contributed by atoms with Crippen LogP contribution in [0.3, 0.4) is 0 Å². The predicted molar refractivity (Wildman–Crippen MR) is 111 cm³/mol. The van der Waals surface area contributed by atoms with Crippen LogP contribution in [-0.2, 0) is 9.53 Å². The van der Waals surface area contributed by atoms with Crippen molar-refractivity contribution in [2.24, 2.45) is 0 Å². The minimum Gasteiger partial charge on any atom is -0.452 e. The molecule has 148 valence electrons. The van der Waals surface area contributed by atoms with Crippen molar-refractivity contribution in [1.82, 2.24) is 4.57 Å². The van der Waals surface area contributed by atoms with Gasteiger partial charge < -0.3 is 14.2 Å². The third-order valence-corrected chi connectivity index (χ3v) is 6.72. The highest BCUT2D eigenvalue weighted by Gasteiger charge is 2.29. The van der Waals surface area contributed by atoms with E-state index in [1.54, 1.807) is 16.7 Å². The Labute approximate surface area is 170 Å². The number of para-hydroxylation sites is 1. The number of thioether (sulfide) groups is 1. The van der Waals surface area contributed by atoms with Gasteiger partial charge in [0.2, 0.25) is 0 Å². The van der Waals surface area contributed by atoms with E-state index in [1.807, 2.05) is 44.2 Å². The Balaban J connectivity index is 1.46. The number of hydrogen-bond acceptors (Lipinski definition) is 4. The molecule has 6 heteroatoms. The third-order valence-electron chi connectivity index (χ3n) is 5.49. The molecule has 2 heterocycles. The van der Waals surface area contributed by atoms with Gasteiger partial charge in [-0.2, -0.15) is 0 Å². The lowest BCUT2D eigenvalue weighted by Crippen LogP contribution is -2.35. The SMILES string of the molecule is Cc1cc(C(=O)OCC(=O)N2CCC(C)Sc3ccccc32)c(C)n1C1CC1. The highest BCUT2D eigenvalue weighted by molar-refractivity contribution is 8.00. The number of rotatable bonds is 4. The fraction of sp³-hybridized carbons (Fsp3) is 0.455. The van der Waals surface area contributed by atoms with Crippen LogP contribution in [0.5, 0.6) is 0 Å². The van der Waals surface area contributed by atoms with Gasteiger partial charge in [0.05, 0.1) is 11.3 Å². The number of ether oxygens (including phenoxy) is 1. The predicted octanol–water partition coefficient (Wildman–Crippen LogP) is 4.51. The number of aryl methyl sites for hydroxylation is 1. The molecule has 0 spiro atoms. The van der Waals surface area contributed by atoms with Gasteiger partial charge in [-0.3, -0.25) is 4.79 Å². The summed E-state index contributed by atoms with van der Waals surface area (Å²) in [5, 5.41) is 0.439. The number of amides is 1. The van der Waals surface area contributed by atoms with Crippen LogP contribution in [0, 0.1) is 13.8 Å². The zero-order valence-corrected chi connectivity index (χ0v) is 17.4. The maximum Gasteiger partial charge on any atom is 0.340 e. The second kappa shape index (κ2) is 7.66. The molecular weight excluding hydrogens is 372 g/mol. The van der Waals surface area contributed by atoms with Crippen molar-refractivity contribution in [2.45, 2.75) is 56.2 Å². The van der Waals surface area contributed by atoms with Crippen LogP contribution in [0.15, 0.2) is 35.2 Å². The Morgan fingerprint density at radius 3 is 2.68 bits per heavy atom.